The third-order valence-electron chi connectivity index (χ3n) is 4.85. The molecule has 1 aliphatic rings. The Kier molecular flexibility index (Phi) is 5.77. The highest BCUT2D eigenvalue weighted by Crippen LogP contribution is 2.27. The van der Waals surface area contributed by atoms with Gasteiger partial charge in [0.15, 0.2) is 0 Å². The van der Waals surface area contributed by atoms with Gasteiger partial charge in [0, 0.05) is 31.9 Å². The summed E-state index contributed by atoms with van der Waals surface area (Å²) in [7, 11) is 1.55. The molecule has 0 bridgehead atoms. The van der Waals surface area contributed by atoms with Crippen LogP contribution < -0.4 is 15.5 Å². The smallest absolute Gasteiger partial charge is 0.241 e. The molecule has 148 valence electrons. The van der Waals surface area contributed by atoms with Crippen LogP contribution in [-0.4, -0.2) is 41.1 Å². The minimum atomic E-state index is -0.431. The van der Waals surface area contributed by atoms with Gasteiger partial charge < -0.3 is 15.5 Å². The van der Waals surface area contributed by atoms with E-state index in [0.29, 0.717) is 18.2 Å². The minimum absolute atomic E-state index is 0.0623. The summed E-state index contributed by atoms with van der Waals surface area (Å²) in [5, 5.41) is 9.34. The van der Waals surface area contributed by atoms with Gasteiger partial charge >= 0.3 is 0 Å². The SMILES string of the molecule is CNC(=O)Cn1cc(NC(=O)C2CC(=O)N(c3ccc(C(C)C)cc3)C2)cn1. The fourth-order valence-electron chi connectivity index (χ4n) is 3.16. The standard InChI is InChI=1S/C20H25N5O3/c1-13(2)14-4-6-17(7-5-14)25-10-15(8-19(25)27)20(28)23-16-9-22-24(11-16)12-18(26)21-3/h4-7,9,11,13,15H,8,10,12H2,1-3H3,(H,21,26)(H,23,28). The maximum absolute atomic E-state index is 12.6. The summed E-state index contributed by atoms with van der Waals surface area (Å²) in [4.78, 5) is 38.0. The molecule has 8 heteroatoms. The number of rotatable bonds is 6. The van der Waals surface area contributed by atoms with Crippen molar-refractivity contribution in [1.82, 2.24) is 15.1 Å². The first kappa shape index (κ1) is 19.6. The predicted molar refractivity (Wildman–Crippen MR) is 106 cm³/mol. The summed E-state index contributed by atoms with van der Waals surface area (Å²) in [6.45, 7) is 4.66. The van der Waals surface area contributed by atoms with Gasteiger partial charge in [-0.1, -0.05) is 26.0 Å². The molecule has 0 saturated carbocycles. The Morgan fingerprint density at radius 1 is 1.25 bits per heavy atom. The molecule has 2 N–H and O–H groups in total. The summed E-state index contributed by atoms with van der Waals surface area (Å²) in [5.74, 6) is -0.478. The molecule has 1 aromatic heterocycles. The van der Waals surface area contributed by atoms with Crippen LogP contribution in [0.25, 0.3) is 0 Å². The number of amides is 3. The maximum Gasteiger partial charge on any atom is 0.241 e. The molecule has 1 fully saturated rings. The highest BCUT2D eigenvalue weighted by atomic mass is 16.2. The molecular formula is C20H25N5O3. The van der Waals surface area contributed by atoms with Gasteiger partial charge in [-0.15, -0.1) is 0 Å². The van der Waals surface area contributed by atoms with Gasteiger partial charge in [-0.25, -0.2) is 0 Å². The van der Waals surface area contributed by atoms with E-state index in [2.05, 4.69) is 29.6 Å². The average molecular weight is 383 g/mol. The van der Waals surface area contributed by atoms with Crippen LogP contribution in [0.2, 0.25) is 0 Å². The molecule has 1 aromatic carbocycles. The predicted octanol–water partition coefficient (Wildman–Crippen LogP) is 1.74. The highest BCUT2D eigenvalue weighted by molar-refractivity contribution is 6.03. The van der Waals surface area contributed by atoms with Crippen LogP contribution in [0.4, 0.5) is 11.4 Å². The highest BCUT2D eigenvalue weighted by Gasteiger charge is 2.35. The Morgan fingerprint density at radius 3 is 2.61 bits per heavy atom. The van der Waals surface area contributed by atoms with Crippen LogP contribution in [0.5, 0.6) is 0 Å². The van der Waals surface area contributed by atoms with Gasteiger partial charge in [-0.3, -0.25) is 19.1 Å². The van der Waals surface area contributed by atoms with E-state index in [-0.39, 0.29) is 30.7 Å². The number of carbonyl (C=O) groups is 3. The van der Waals surface area contributed by atoms with Gasteiger partial charge in [-0.2, -0.15) is 5.10 Å². The Morgan fingerprint density at radius 2 is 1.96 bits per heavy atom. The number of hydrogen-bond acceptors (Lipinski definition) is 4. The lowest BCUT2D eigenvalue weighted by molar-refractivity contribution is -0.122. The topological polar surface area (TPSA) is 96.3 Å². The van der Waals surface area contributed by atoms with Crippen molar-refractivity contribution in [3.05, 3.63) is 42.2 Å². The summed E-state index contributed by atoms with van der Waals surface area (Å²) in [5.41, 5.74) is 2.52. The van der Waals surface area contributed by atoms with E-state index in [4.69, 9.17) is 0 Å². The fourth-order valence-corrected chi connectivity index (χ4v) is 3.16. The van der Waals surface area contributed by atoms with Crippen molar-refractivity contribution >= 4 is 29.1 Å². The van der Waals surface area contributed by atoms with E-state index in [9.17, 15) is 14.4 Å². The molecular weight excluding hydrogens is 358 g/mol. The largest absolute Gasteiger partial charge is 0.358 e. The average Bonchev–Trinajstić information content (AvgIpc) is 3.28. The number of likely N-dealkylation sites (N-methyl/N-ethyl adjacent to an activating group) is 1. The fraction of sp³-hybridized carbons (Fsp3) is 0.400. The molecule has 1 unspecified atom stereocenters. The lowest BCUT2D eigenvalue weighted by Gasteiger charge is -2.17. The molecule has 3 rings (SSSR count). The van der Waals surface area contributed by atoms with Crippen molar-refractivity contribution in [2.45, 2.75) is 32.7 Å². The first-order chi connectivity index (χ1) is 13.4. The second-order valence-electron chi connectivity index (χ2n) is 7.24. The van der Waals surface area contributed by atoms with Crippen molar-refractivity contribution in [2.24, 2.45) is 5.92 Å². The number of aromatic nitrogens is 2. The van der Waals surface area contributed by atoms with Gasteiger partial charge in [0.05, 0.1) is 17.8 Å². The zero-order valence-electron chi connectivity index (χ0n) is 16.3. The number of benzene rings is 1. The van der Waals surface area contributed by atoms with Crippen molar-refractivity contribution in [1.29, 1.82) is 0 Å². The first-order valence-electron chi connectivity index (χ1n) is 9.31. The minimum Gasteiger partial charge on any atom is -0.358 e. The van der Waals surface area contributed by atoms with Gasteiger partial charge in [0.25, 0.3) is 0 Å². The number of nitrogens with one attached hydrogen (secondary N) is 2. The third-order valence-corrected chi connectivity index (χ3v) is 4.85. The van der Waals surface area contributed by atoms with E-state index in [0.717, 1.165) is 5.69 Å². The van der Waals surface area contributed by atoms with Crippen LogP contribution in [-0.2, 0) is 20.9 Å². The van der Waals surface area contributed by atoms with Gasteiger partial charge in [-0.05, 0) is 23.6 Å². The molecule has 2 heterocycles. The molecule has 0 spiro atoms. The number of hydrogen-bond donors (Lipinski definition) is 2. The van der Waals surface area contributed by atoms with E-state index in [1.807, 2.05) is 24.3 Å². The number of anilines is 2. The Labute approximate surface area is 163 Å². The molecule has 0 radical (unpaired) electrons. The molecule has 1 saturated heterocycles. The third kappa shape index (κ3) is 4.39. The molecule has 1 atom stereocenters. The van der Waals surface area contributed by atoms with Crippen molar-refractivity contribution in [2.75, 3.05) is 23.8 Å². The van der Waals surface area contributed by atoms with E-state index < -0.39 is 5.92 Å². The first-order valence-corrected chi connectivity index (χ1v) is 9.31. The van der Waals surface area contributed by atoms with E-state index in [1.54, 1.807) is 18.1 Å². The second-order valence-corrected chi connectivity index (χ2v) is 7.24. The normalized spacial score (nSPS) is 16.5. The quantitative estimate of drug-likeness (QED) is 0.794. The van der Waals surface area contributed by atoms with Gasteiger partial charge in [0.2, 0.25) is 17.7 Å². The van der Waals surface area contributed by atoms with Crippen molar-refractivity contribution in [3.63, 3.8) is 0 Å². The molecule has 28 heavy (non-hydrogen) atoms. The summed E-state index contributed by atoms with van der Waals surface area (Å²) in [6, 6.07) is 7.88. The van der Waals surface area contributed by atoms with Crippen LogP contribution in [0, 0.1) is 5.92 Å². The molecule has 2 aromatic rings. The Balaban J connectivity index is 1.61. The zero-order valence-corrected chi connectivity index (χ0v) is 16.3. The van der Waals surface area contributed by atoms with Crippen LogP contribution in [0.3, 0.4) is 0 Å². The van der Waals surface area contributed by atoms with Crippen molar-refractivity contribution in [3.8, 4) is 0 Å². The van der Waals surface area contributed by atoms with Crippen LogP contribution in [0.15, 0.2) is 36.7 Å². The van der Waals surface area contributed by atoms with E-state index in [1.165, 1.54) is 16.4 Å². The lowest BCUT2D eigenvalue weighted by Crippen LogP contribution is -2.28. The molecule has 8 nitrogen and oxygen atoms in total. The Hall–Kier alpha value is -3.16. The molecule has 1 aliphatic heterocycles. The zero-order chi connectivity index (χ0) is 20.3. The summed E-state index contributed by atoms with van der Waals surface area (Å²) >= 11 is 0. The van der Waals surface area contributed by atoms with Gasteiger partial charge in [0.1, 0.15) is 6.54 Å². The number of carbonyl (C=O) groups excluding carboxylic acids is 3. The second kappa shape index (κ2) is 8.24. The summed E-state index contributed by atoms with van der Waals surface area (Å²) in [6.07, 6.45) is 3.25. The molecule has 0 aliphatic carbocycles. The van der Waals surface area contributed by atoms with Crippen LogP contribution in [0.1, 0.15) is 31.7 Å². The maximum atomic E-state index is 12.6. The van der Waals surface area contributed by atoms with Crippen LogP contribution >= 0.6 is 0 Å². The Bertz CT molecular complexity index is 872. The lowest BCUT2D eigenvalue weighted by atomic mass is 10.0. The molecule has 3 amide bonds. The summed E-state index contributed by atoms with van der Waals surface area (Å²) < 4.78 is 1.44. The number of nitrogens with zero attached hydrogens (tertiary/aromatic N) is 3. The monoisotopic (exact) mass is 383 g/mol. The van der Waals surface area contributed by atoms with Crippen molar-refractivity contribution < 1.29 is 14.4 Å². The van der Waals surface area contributed by atoms with E-state index >= 15 is 0 Å².